The Balaban J connectivity index is 1.66. The van der Waals surface area contributed by atoms with Crippen LogP contribution >= 0.6 is 0 Å². The van der Waals surface area contributed by atoms with Crippen molar-refractivity contribution in [1.29, 1.82) is 0 Å². The predicted octanol–water partition coefficient (Wildman–Crippen LogP) is 4.12. The molecule has 2 aromatic carbocycles. The first-order valence-electron chi connectivity index (χ1n) is 9.43. The summed E-state index contributed by atoms with van der Waals surface area (Å²) in [5, 5.41) is 0.755. The maximum absolute atomic E-state index is 13.8. The zero-order valence-electron chi connectivity index (χ0n) is 16.1. The topological polar surface area (TPSA) is 51.7 Å². The Labute approximate surface area is 168 Å². The van der Waals surface area contributed by atoms with Crippen LogP contribution in [-0.4, -0.2) is 44.2 Å². The van der Waals surface area contributed by atoms with Crippen molar-refractivity contribution in [3.8, 4) is 5.75 Å². The lowest BCUT2D eigenvalue weighted by atomic mass is 10.1. The van der Waals surface area contributed by atoms with E-state index in [1.54, 1.807) is 43.5 Å². The largest absolute Gasteiger partial charge is 0.497 e. The van der Waals surface area contributed by atoms with Gasteiger partial charge in [0.1, 0.15) is 11.6 Å². The summed E-state index contributed by atoms with van der Waals surface area (Å²) in [4.78, 5) is 19.2. The lowest BCUT2D eigenvalue weighted by Gasteiger charge is -2.30. The van der Waals surface area contributed by atoms with Crippen molar-refractivity contribution in [1.82, 2.24) is 4.98 Å². The third kappa shape index (κ3) is 4.27. The molecule has 0 bridgehead atoms. The van der Waals surface area contributed by atoms with E-state index < -0.39 is 0 Å². The molecule has 3 aromatic rings. The van der Waals surface area contributed by atoms with Crippen LogP contribution in [0, 0.1) is 5.82 Å². The van der Waals surface area contributed by atoms with Gasteiger partial charge in [0.25, 0.3) is 0 Å². The summed E-state index contributed by atoms with van der Waals surface area (Å²) in [5.41, 5.74) is 2.80. The molecule has 0 unspecified atom stereocenters. The molecule has 5 nitrogen and oxygen atoms in total. The number of fused-ring (bicyclic) bond motifs is 1. The minimum Gasteiger partial charge on any atom is -0.497 e. The number of pyridine rings is 1. The number of anilines is 1. The number of allylic oxidation sites excluding steroid dienone is 1. The van der Waals surface area contributed by atoms with E-state index in [1.807, 2.05) is 6.07 Å². The number of ketones is 1. The number of carbonyl (C=O) groups is 1. The molecule has 1 aromatic heterocycles. The van der Waals surface area contributed by atoms with Crippen molar-refractivity contribution in [2.75, 3.05) is 38.3 Å². The number of carbonyl (C=O) groups excluding carboxylic acids is 1. The Morgan fingerprint density at radius 2 is 1.90 bits per heavy atom. The molecule has 148 valence electrons. The molecule has 0 saturated carbocycles. The normalized spacial score (nSPS) is 14.5. The number of aromatic nitrogens is 1. The number of nitrogens with zero attached hydrogens (tertiary/aromatic N) is 2. The summed E-state index contributed by atoms with van der Waals surface area (Å²) in [7, 11) is 1.58. The van der Waals surface area contributed by atoms with Crippen LogP contribution in [0.25, 0.3) is 17.0 Å². The van der Waals surface area contributed by atoms with Crippen molar-refractivity contribution in [3.05, 3.63) is 71.7 Å². The fraction of sp³-hybridized carbons (Fsp3) is 0.217. The van der Waals surface area contributed by atoms with Gasteiger partial charge in [0.15, 0.2) is 5.78 Å². The molecular formula is C23H21FN2O3. The summed E-state index contributed by atoms with van der Waals surface area (Å²) >= 11 is 0. The highest BCUT2D eigenvalue weighted by Gasteiger charge is 2.16. The van der Waals surface area contributed by atoms with E-state index in [2.05, 4.69) is 9.88 Å². The number of hydrogen-bond acceptors (Lipinski definition) is 5. The highest BCUT2D eigenvalue weighted by Crippen LogP contribution is 2.29. The third-order valence-electron chi connectivity index (χ3n) is 4.90. The number of benzene rings is 2. The number of hydrogen-bond donors (Lipinski definition) is 0. The smallest absolute Gasteiger partial charge is 0.185 e. The molecule has 0 spiro atoms. The van der Waals surface area contributed by atoms with Crippen molar-refractivity contribution in [3.63, 3.8) is 0 Å². The molecule has 2 heterocycles. The fourth-order valence-corrected chi connectivity index (χ4v) is 3.36. The molecule has 6 heteroatoms. The van der Waals surface area contributed by atoms with E-state index in [9.17, 15) is 9.18 Å². The third-order valence-corrected chi connectivity index (χ3v) is 4.90. The monoisotopic (exact) mass is 392 g/mol. The van der Waals surface area contributed by atoms with E-state index in [0.717, 1.165) is 24.2 Å². The number of ether oxygens (including phenoxy) is 2. The van der Waals surface area contributed by atoms with Crippen molar-refractivity contribution >= 4 is 28.4 Å². The summed E-state index contributed by atoms with van der Waals surface area (Å²) in [6.07, 6.45) is 3.20. The van der Waals surface area contributed by atoms with Crippen LogP contribution in [0.3, 0.4) is 0 Å². The minimum absolute atomic E-state index is 0.124. The molecule has 1 saturated heterocycles. The SMILES string of the molecule is COc1ccc(C(=O)/C=C/c2cc(N3CCOCC3)c3cc(F)ccc3n2)cc1. The van der Waals surface area contributed by atoms with Crippen LogP contribution in [0.2, 0.25) is 0 Å². The molecule has 0 aliphatic carbocycles. The first-order chi connectivity index (χ1) is 14.1. The lowest BCUT2D eigenvalue weighted by Crippen LogP contribution is -2.36. The molecule has 0 atom stereocenters. The standard InChI is InChI=1S/C23H21FN2O3/c1-28-19-6-2-16(3-7-19)23(27)9-5-18-15-22(26-10-12-29-13-11-26)20-14-17(24)4-8-21(20)25-18/h2-9,14-15H,10-13H2,1H3/b9-5+. The number of morpholine rings is 1. The molecule has 1 aliphatic heterocycles. The van der Waals surface area contributed by atoms with Gasteiger partial charge in [0, 0.05) is 29.7 Å². The van der Waals surface area contributed by atoms with Crippen LogP contribution in [0.4, 0.5) is 10.1 Å². The van der Waals surface area contributed by atoms with Crippen LogP contribution in [0.5, 0.6) is 5.75 Å². The highest BCUT2D eigenvalue weighted by molar-refractivity contribution is 6.07. The summed E-state index contributed by atoms with van der Waals surface area (Å²) in [5.74, 6) is 0.275. The van der Waals surface area contributed by atoms with E-state index in [1.165, 1.54) is 18.2 Å². The van der Waals surface area contributed by atoms with E-state index in [4.69, 9.17) is 9.47 Å². The van der Waals surface area contributed by atoms with E-state index in [0.29, 0.717) is 35.7 Å². The Kier molecular flexibility index (Phi) is 5.53. The van der Waals surface area contributed by atoms with Gasteiger partial charge in [-0.25, -0.2) is 9.37 Å². The van der Waals surface area contributed by atoms with Crippen LogP contribution in [0.1, 0.15) is 16.1 Å². The Morgan fingerprint density at radius 3 is 2.62 bits per heavy atom. The maximum atomic E-state index is 13.8. The molecule has 29 heavy (non-hydrogen) atoms. The van der Waals surface area contributed by atoms with Crippen LogP contribution in [-0.2, 0) is 4.74 Å². The quantitative estimate of drug-likeness (QED) is 0.483. The molecule has 1 fully saturated rings. The molecule has 4 rings (SSSR count). The van der Waals surface area contributed by atoms with Gasteiger partial charge in [0.2, 0.25) is 0 Å². The van der Waals surface area contributed by atoms with Crippen molar-refractivity contribution < 1.29 is 18.7 Å². The maximum Gasteiger partial charge on any atom is 0.185 e. The average molecular weight is 392 g/mol. The summed E-state index contributed by atoms with van der Waals surface area (Å²) in [6, 6.07) is 13.4. The van der Waals surface area contributed by atoms with Gasteiger partial charge < -0.3 is 14.4 Å². The second-order valence-corrected chi connectivity index (χ2v) is 6.75. The molecule has 0 radical (unpaired) electrons. The molecular weight excluding hydrogens is 371 g/mol. The van der Waals surface area contributed by atoms with Gasteiger partial charge in [0.05, 0.1) is 31.5 Å². The van der Waals surface area contributed by atoms with E-state index >= 15 is 0 Å². The summed E-state index contributed by atoms with van der Waals surface area (Å²) < 4.78 is 24.4. The fourth-order valence-electron chi connectivity index (χ4n) is 3.36. The first kappa shape index (κ1) is 19.1. The Bertz CT molecular complexity index is 1060. The second-order valence-electron chi connectivity index (χ2n) is 6.75. The highest BCUT2D eigenvalue weighted by atomic mass is 19.1. The van der Waals surface area contributed by atoms with Gasteiger partial charge in [-0.05, 0) is 60.7 Å². The average Bonchev–Trinajstić information content (AvgIpc) is 2.77. The van der Waals surface area contributed by atoms with Crippen LogP contribution < -0.4 is 9.64 Å². The van der Waals surface area contributed by atoms with Crippen molar-refractivity contribution in [2.45, 2.75) is 0 Å². The van der Waals surface area contributed by atoms with Gasteiger partial charge >= 0.3 is 0 Å². The Hall–Kier alpha value is -3.25. The second kappa shape index (κ2) is 8.41. The zero-order valence-corrected chi connectivity index (χ0v) is 16.1. The van der Waals surface area contributed by atoms with Crippen LogP contribution in [0.15, 0.2) is 54.6 Å². The zero-order chi connectivity index (χ0) is 20.2. The predicted molar refractivity (Wildman–Crippen MR) is 111 cm³/mol. The van der Waals surface area contributed by atoms with Crippen molar-refractivity contribution in [2.24, 2.45) is 0 Å². The number of halogens is 1. The van der Waals surface area contributed by atoms with E-state index in [-0.39, 0.29) is 11.6 Å². The molecule has 1 aliphatic rings. The molecule has 0 N–H and O–H groups in total. The minimum atomic E-state index is -0.299. The van der Waals surface area contributed by atoms with Gasteiger partial charge in [-0.1, -0.05) is 0 Å². The number of rotatable bonds is 5. The van der Waals surface area contributed by atoms with Gasteiger partial charge in [-0.3, -0.25) is 4.79 Å². The Morgan fingerprint density at radius 1 is 1.14 bits per heavy atom. The molecule has 0 amide bonds. The van der Waals surface area contributed by atoms with Gasteiger partial charge in [-0.2, -0.15) is 0 Å². The number of methoxy groups -OCH3 is 1. The lowest BCUT2D eigenvalue weighted by molar-refractivity contribution is 0.104. The first-order valence-corrected chi connectivity index (χ1v) is 9.43. The van der Waals surface area contributed by atoms with Gasteiger partial charge in [-0.15, -0.1) is 0 Å². The summed E-state index contributed by atoms with van der Waals surface area (Å²) in [6.45, 7) is 2.70.